The van der Waals surface area contributed by atoms with E-state index in [0.717, 1.165) is 15.7 Å². The van der Waals surface area contributed by atoms with E-state index >= 15 is 0 Å². The molecule has 0 atom stereocenters. The van der Waals surface area contributed by atoms with Gasteiger partial charge in [0.05, 0.1) is 17.3 Å². The standard InChI is InChI=1S/C19H23BrClN3O2/c1-19(2,3)18-13(10-22-12-24-18)11-23-17(25)5-4-8-26-16-7-6-14(20)9-15(16)21/h6-7,9-10,12H,4-5,8,11H2,1-3H3,(H,23,25). The van der Waals surface area contributed by atoms with Gasteiger partial charge >= 0.3 is 0 Å². The predicted molar refractivity (Wildman–Crippen MR) is 106 cm³/mol. The zero-order valence-corrected chi connectivity index (χ0v) is 17.5. The van der Waals surface area contributed by atoms with Crippen molar-refractivity contribution < 1.29 is 9.53 Å². The second-order valence-electron chi connectivity index (χ2n) is 6.95. The van der Waals surface area contributed by atoms with Gasteiger partial charge in [0.1, 0.15) is 12.1 Å². The van der Waals surface area contributed by atoms with Crippen molar-refractivity contribution >= 4 is 33.4 Å². The Morgan fingerprint density at radius 3 is 2.81 bits per heavy atom. The summed E-state index contributed by atoms with van der Waals surface area (Å²) in [6.45, 7) is 7.11. The number of hydrogen-bond donors (Lipinski definition) is 1. The molecule has 0 unspecified atom stereocenters. The Kier molecular flexibility index (Phi) is 7.41. The van der Waals surface area contributed by atoms with E-state index in [4.69, 9.17) is 16.3 Å². The third kappa shape index (κ3) is 6.25. The minimum absolute atomic E-state index is 0.0285. The van der Waals surface area contributed by atoms with Crippen LogP contribution in [0.4, 0.5) is 0 Å². The zero-order valence-electron chi connectivity index (χ0n) is 15.2. The van der Waals surface area contributed by atoms with Crippen LogP contribution in [-0.4, -0.2) is 22.5 Å². The summed E-state index contributed by atoms with van der Waals surface area (Å²) < 4.78 is 6.51. The van der Waals surface area contributed by atoms with Crippen LogP contribution in [0, 0.1) is 0 Å². The molecule has 2 rings (SSSR count). The molecule has 1 aromatic heterocycles. The second-order valence-corrected chi connectivity index (χ2v) is 8.27. The number of hydrogen-bond acceptors (Lipinski definition) is 4. The molecule has 0 spiro atoms. The Bertz CT molecular complexity index is 763. The Morgan fingerprint density at radius 2 is 2.12 bits per heavy atom. The predicted octanol–water partition coefficient (Wildman–Crippen LogP) is 4.67. The number of ether oxygens (including phenoxy) is 1. The molecule has 1 N–H and O–H groups in total. The van der Waals surface area contributed by atoms with E-state index in [0.29, 0.717) is 36.8 Å². The monoisotopic (exact) mass is 439 g/mol. The quantitative estimate of drug-likeness (QED) is 0.636. The number of nitrogens with one attached hydrogen (secondary N) is 1. The average Bonchev–Trinajstić information content (AvgIpc) is 2.58. The lowest BCUT2D eigenvalue weighted by molar-refractivity contribution is -0.121. The summed E-state index contributed by atoms with van der Waals surface area (Å²) >= 11 is 9.44. The summed E-state index contributed by atoms with van der Waals surface area (Å²) in [5.74, 6) is 0.589. The van der Waals surface area contributed by atoms with Crippen LogP contribution in [-0.2, 0) is 16.8 Å². The minimum Gasteiger partial charge on any atom is -0.492 e. The molecule has 1 aromatic carbocycles. The van der Waals surface area contributed by atoms with E-state index in [1.807, 2.05) is 6.07 Å². The van der Waals surface area contributed by atoms with Crippen LogP contribution in [0.1, 0.15) is 44.9 Å². The van der Waals surface area contributed by atoms with Crippen molar-refractivity contribution in [3.63, 3.8) is 0 Å². The van der Waals surface area contributed by atoms with E-state index in [2.05, 4.69) is 52.0 Å². The third-order valence-electron chi connectivity index (χ3n) is 3.67. The molecule has 0 radical (unpaired) electrons. The first-order valence-corrected chi connectivity index (χ1v) is 9.58. The first-order valence-electron chi connectivity index (χ1n) is 8.41. The van der Waals surface area contributed by atoms with Crippen molar-refractivity contribution in [2.24, 2.45) is 0 Å². The lowest BCUT2D eigenvalue weighted by atomic mass is 9.89. The molecule has 26 heavy (non-hydrogen) atoms. The molecule has 0 bridgehead atoms. The second kappa shape index (κ2) is 9.33. The Morgan fingerprint density at radius 1 is 1.35 bits per heavy atom. The smallest absolute Gasteiger partial charge is 0.220 e. The SMILES string of the molecule is CC(C)(C)c1ncncc1CNC(=O)CCCOc1ccc(Br)cc1Cl. The van der Waals surface area contributed by atoms with Gasteiger partial charge in [0, 0.05) is 34.6 Å². The maximum atomic E-state index is 12.1. The molecule has 0 aliphatic carbocycles. The molecule has 1 heterocycles. The molecule has 5 nitrogen and oxygen atoms in total. The molecule has 2 aromatic rings. The number of aromatic nitrogens is 2. The van der Waals surface area contributed by atoms with E-state index in [1.165, 1.54) is 6.33 Å². The summed E-state index contributed by atoms with van der Waals surface area (Å²) in [5, 5.41) is 3.47. The van der Waals surface area contributed by atoms with Gasteiger partial charge in [0.15, 0.2) is 0 Å². The van der Waals surface area contributed by atoms with Gasteiger partial charge in [-0.25, -0.2) is 9.97 Å². The summed E-state index contributed by atoms with van der Waals surface area (Å²) in [7, 11) is 0. The average molecular weight is 441 g/mol. The van der Waals surface area contributed by atoms with Crippen molar-refractivity contribution in [1.29, 1.82) is 0 Å². The van der Waals surface area contributed by atoms with Gasteiger partial charge in [0.25, 0.3) is 0 Å². The van der Waals surface area contributed by atoms with Gasteiger partial charge in [-0.1, -0.05) is 48.3 Å². The maximum absolute atomic E-state index is 12.1. The van der Waals surface area contributed by atoms with E-state index in [9.17, 15) is 4.79 Å². The highest BCUT2D eigenvalue weighted by Gasteiger charge is 2.19. The summed E-state index contributed by atoms with van der Waals surface area (Å²) in [4.78, 5) is 20.5. The van der Waals surface area contributed by atoms with Crippen LogP contribution in [0.25, 0.3) is 0 Å². The summed E-state index contributed by atoms with van der Waals surface area (Å²) in [5.41, 5.74) is 1.79. The van der Waals surface area contributed by atoms with Gasteiger partial charge in [0.2, 0.25) is 5.91 Å². The fourth-order valence-electron chi connectivity index (χ4n) is 2.45. The minimum atomic E-state index is -0.0964. The van der Waals surface area contributed by atoms with E-state index < -0.39 is 0 Å². The van der Waals surface area contributed by atoms with Crippen molar-refractivity contribution in [2.45, 2.75) is 45.6 Å². The molecule has 0 saturated heterocycles. The van der Waals surface area contributed by atoms with Crippen LogP contribution >= 0.6 is 27.5 Å². The van der Waals surface area contributed by atoms with E-state index in [-0.39, 0.29) is 11.3 Å². The molecule has 7 heteroatoms. The largest absolute Gasteiger partial charge is 0.492 e. The number of benzene rings is 1. The molecule has 140 valence electrons. The summed E-state index contributed by atoms with van der Waals surface area (Å²) in [6, 6.07) is 5.44. The number of carbonyl (C=O) groups is 1. The van der Waals surface area contributed by atoms with E-state index in [1.54, 1.807) is 18.3 Å². The fraction of sp³-hybridized carbons (Fsp3) is 0.421. The van der Waals surface area contributed by atoms with Gasteiger partial charge in [-0.3, -0.25) is 4.79 Å². The lowest BCUT2D eigenvalue weighted by Gasteiger charge is -2.21. The number of amides is 1. The number of rotatable bonds is 7. The van der Waals surface area contributed by atoms with Crippen molar-refractivity contribution in [1.82, 2.24) is 15.3 Å². The molecular weight excluding hydrogens is 418 g/mol. The van der Waals surface area contributed by atoms with Gasteiger partial charge in [-0.2, -0.15) is 0 Å². The molecule has 0 aliphatic rings. The maximum Gasteiger partial charge on any atom is 0.220 e. The van der Waals surface area contributed by atoms with Crippen molar-refractivity contribution in [2.75, 3.05) is 6.61 Å². The highest BCUT2D eigenvalue weighted by molar-refractivity contribution is 9.10. The Balaban J connectivity index is 1.76. The Labute approximate surface area is 167 Å². The van der Waals surface area contributed by atoms with Crippen molar-refractivity contribution in [3.8, 4) is 5.75 Å². The van der Waals surface area contributed by atoms with Crippen LogP contribution in [0.5, 0.6) is 5.75 Å². The summed E-state index contributed by atoms with van der Waals surface area (Å²) in [6.07, 6.45) is 4.28. The fourth-order valence-corrected chi connectivity index (χ4v) is 3.18. The lowest BCUT2D eigenvalue weighted by Crippen LogP contribution is -2.26. The van der Waals surface area contributed by atoms with Gasteiger partial charge < -0.3 is 10.1 Å². The molecule has 1 amide bonds. The zero-order chi connectivity index (χ0) is 19.2. The molecule has 0 fully saturated rings. The third-order valence-corrected chi connectivity index (χ3v) is 4.46. The first kappa shape index (κ1) is 20.6. The topological polar surface area (TPSA) is 64.1 Å². The van der Waals surface area contributed by atoms with Crippen LogP contribution < -0.4 is 10.1 Å². The van der Waals surface area contributed by atoms with Gasteiger partial charge in [-0.15, -0.1) is 0 Å². The van der Waals surface area contributed by atoms with Gasteiger partial charge in [-0.05, 0) is 24.6 Å². The van der Waals surface area contributed by atoms with Crippen LogP contribution in [0.2, 0.25) is 5.02 Å². The van der Waals surface area contributed by atoms with Crippen LogP contribution in [0.3, 0.4) is 0 Å². The number of halogens is 2. The van der Waals surface area contributed by atoms with Crippen LogP contribution in [0.15, 0.2) is 35.2 Å². The molecule has 0 aliphatic heterocycles. The van der Waals surface area contributed by atoms with Crippen molar-refractivity contribution in [3.05, 3.63) is 51.5 Å². The number of nitrogens with zero attached hydrogens (tertiary/aromatic N) is 2. The highest BCUT2D eigenvalue weighted by Crippen LogP contribution is 2.27. The first-order chi connectivity index (χ1) is 12.3. The molecular formula is C19H23BrClN3O2. The normalized spacial score (nSPS) is 11.3. The highest BCUT2D eigenvalue weighted by atomic mass is 79.9. The number of carbonyl (C=O) groups excluding carboxylic acids is 1. The molecule has 0 saturated carbocycles. The Hall–Kier alpha value is -1.66.